The van der Waals surface area contributed by atoms with E-state index < -0.39 is 17.7 Å². The molecule has 1 amide bonds. The van der Waals surface area contributed by atoms with E-state index in [1.807, 2.05) is 30.3 Å². The van der Waals surface area contributed by atoms with Gasteiger partial charge in [0.15, 0.2) is 0 Å². The number of benzene rings is 4. The van der Waals surface area contributed by atoms with Crippen molar-refractivity contribution in [1.82, 2.24) is 0 Å². The lowest BCUT2D eigenvalue weighted by atomic mass is 9.93. The molecular formula is C28H20ClNO5. The van der Waals surface area contributed by atoms with E-state index in [-0.39, 0.29) is 22.1 Å². The molecule has 174 valence electrons. The molecule has 4 aromatic rings. The Morgan fingerprint density at radius 1 is 0.943 bits per heavy atom. The summed E-state index contributed by atoms with van der Waals surface area (Å²) in [6.07, 6.45) is 0. The van der Waals surface area contributed by atoms with Gasteiger partial charge in [-0.3, -0.25) is 14.5 Å². The van der Waals surface area contributed by atoms with Gasteiger partial charge in [0.25, 0.3) is 11.7 Å². The molecule has 4 aromatic carbocycles. The van der Waals surface area contributed by atoms with Crippen LogP contribution in [-0.2, 0) is 9.59 Å². The fourth-order valence-corrected chi connectivity index (χ4v) is 4.70. The van der Waals surface area contributed by atoms with E-state index >= 15 is 0 Å². The van der Waals surface area contributed by atoms with E-state index in [2.05, 4.69) is 0 Å². The molecule has 7 heteroatoms. The average molecular weight is 486 g/mol. The molecule has 0 aliphatic carbocycles. The number of hydrogen-bond acceptors (Lipinski definition) is 5. The lowest BCUT2D eigenvalue weighted by Gasteiger charge is -2.26. The maximum absolute atomic E-state index is 13.4. The van der Waals surface area contributed by atoms with Gasteiger partial charge in [0, 0.05) is 11.3 Å². The highest BCUT2D eigenvalue weighted by atomic mass is 35.5. The maximum atomic E-state index is 13.4. The molecule has 0 bridgehead atoms. The van der Waals surface area contributed by atoms with Gasteiger partial charge in [-0.1, -0.05) is 66.2 Å². The number of amides is 1. The van der Waals surface area contributed by atoms with E-state index in [9.17, 15) is 19.8 Å². The van der Waals surface area contributed by atoms with Gasteiger partial charge in [0.2, 0.25) is 0 Å². The van der Waals surface area contributed by atoms with Crippen LogP contribution in [0.2, 0.25) is 5.02 Å². The Hall–Kier alpha value is -4.29. The second-order valence-electron chi connectivity index (χ2n) is 8.11. The molecular weight excluding hydrogens is 466 g/mol. The van der Waals surface area contributed by atoms with Crippen LogP contribution in [0.5, 0.6) is 11.5 Å². The van der Waals surface area contributed by atoms with Crippen LogP contribution >= 0.6 is 11.6 Å². The lowest BCUT2D eigenvalue weighted by molar-refractivity contribution is -0.132. The third kappa shape index (κ3) is 3.78. The van der Waals surface area contributed by atoms with Gasteiger partial charge in [0.1, 0.15) is 17.3 Å². The number of aliphatic hydroxyl groups excluding tert-OH is 1. The largest absolute Gasteiger partial charge is 0.508 e. The van der Waals surface area contributed by atoms with Crippen molar-refractivity contribution in [2.45, 2.75) is 6.04 Å². The van der Waals surface area contributed by atoms with Crippen molar-refractivity contribution in [2.24, 2.45) is 0 Å². The average Bonchev–Trinajstić information content (AvgIpc) is 3.14. The van der Waals surface area contributed by atoms with Crippen molar-refractivity contribution in [1.29, 1.82) is 0 Å². The van der Waals surface area contributed by atoms with E-state index in [0.717, 1.165) is 10.8 Å². The smallest absolute Gasteiger partial charge is 0.300 e. The quantitative estimate of drug-likeness (QED) is 0.215. The summed E-state index contributed by atoms with van der Waals surface area (Å²) in [4.78, 5) is 28.0. The van der Waals surface area contributed by atoms with Gasteiger partial charge in [-0.2, -0.15) is 0 Å². The van der Waals surface area contributed by atoms with Crippen molar-refractivity contribution in [3.05, 3.63) is 107 Å². The minimum absolute atomic E-state index is 0.0345. The first-order valence-corrected chi connectivity index (χ1v) is 11.2. The molecule has 1 fully saturated rings. The zero-order valence-corrected chi connectivity index (χ0v) is 19.4. The third-order valence-corrected chi connectivity index (χ3v) is 6.41. The van der Waals surface area contributed by atoms with Gasteiger partial charge in [0.05, 0.1) is 23.7 Å². The molecule has 1 saturated heterocycles. The SMILES string of the molecule is COc1ccc(N2C(=O)C(=O)/C(=C(\O)c3cccc4ccccc34)C2c2ccc(O)cc2)cc1Cl. The number of nitrogens with zero attached hydrogens (tertiary/aromatic N) is 1. The minimum Gasteiger partial charge on any atom is -0.508 e. The first-order chi connectivity index (χ1) is 16.9. The van der Waals surface area contributed by atoms with Crippen LogP contribution in [-0.4, -0.2) is 29.0 Å². The molecule has 1 unspecified atom stereocenters. The number of ether oxygens (including phenoxy) is 1. The summed E-state index contributed by atoms with van der Waals surface area (Å²) in [6, 6.07) is 22.9. The van der Waals surface area contributed by atoms with Crippen molar-refractivity contribution in [3.63, 3.8) is 0 Å². The number of carbonyl (C=O) groups excluding carboxylic acids is 2. The van der Waals surface area contributed by atoms with Crippen LogP contribution in [0, 0.1) is 0 Å². The number of aliphatic hydroxyl groups is 1. The number of hydrogen-bond donors (Lipinski definition) is 2. The molecule has 6 nitrogen and oxygen atoms in total. The topological polar surface area (TPSA) is 87.1 Å². The predicted molar refractivity (Wildman–Crippen MR) is 135 cm³/mol. The maximum Gasteiger partial charge on any atom is 0.300 e. The number of ketones is 1. The highest BCUT2D eigenvalue weighted by Crippen LogP contribution is 2.44. The standard InChI is InChI=1S/C28H20ClNO5/c1-35-23-14-11-18(15-22(23)29)30-25(17-9-12-19(31)13-10-17)24(27(33)28(30)34)26(32)21-8-4-6-16-5-2-3-7-20(16)21/h2-15,25,31-32H,1H3/b26-24-. The fourth-order valence-electron chi connectivity index (χ4n) is 4.45. The first kappa shape index (κ1) is 22.5. The number of aromatic hydroxyl groups is 1. The van der Waals surface area contributed by atoms with Gasteiger partial charge >= 0.3 is 0 Å². The van der Waals surface area contributed by atoms with Crippen LogP contribution < -0.4 is 9.64 Å². The molecule has 0 radical (unpaired) electrons. The van der Waals surface area contributed by atoms with Crippen molar-refractivity contribution < 1.29 is 24.5 Å². The van der Waals surface area contributed by atoms with Crippen molar-refractivity contribution in [3.8, 4) is 11.5 Å². The van der Waals surface area contributed by atoms with Crippen LogP contribution in [0.25, 0.3) is 16.5 Å². The van der Waals surface area contributed by atoms with E-state index in [0.29, 0.717) is 22.6 Å². The van der Waals surface area contributed by atoms with Crippen molar-refractivity contribution in [2.75, 3.05) is 12.0 Å². The molecule has 1 heterocycles. The van der Waals surface area contributed by atoms with Gasteiger partial charge in [-0.15, -0.1) is 0 Å². The molecule has 0 spiro atoms. The van der Waals surface area contributed by atoms with E-state index in [1.165, 1.54) is 30.2 Å². The molecule has 1 aliphatic rings. The lowest BCUT2D eigenvalue weighted by Crippen LogP contribution is -2.29. The molecule has 1 aliphatic heterocycles. The van der Waals surface area contributed by atoms with Gasteiger partial charge in [-0.25, -0.2) is 0 Å². The number of Topliss-reactive ketones (excluding diaryl/α,β-unsaturated/α-hetero) is 1. The summed E-state index contributed by atoms with van der Waals surface area (Å²) in [6.45, 7) is 0. The van der Waals surface area contributed by atoms with Gasteiger partial charge < -0.3 is 14.9 Å². The number of phenols is 1. The molecule has 1 atom stereocenters. The second-order valence-corrected chi connectivity index (χ2v) is 8.51. The summed E-state index contributed by atoms with van der Waals surface area (Å²) < 4.78 is 5.21. The van der Waals surface area contributed by atoms with Crippen molar-refractivity contribution >= 4 is 45.5 Å². The highest BCUT2D eigenvalue weighted by molar-refractivity contribution is 6.52. The summed E-state index contributed by atoms with van der Waals surface area (Å²) in [5.74, 6) is -1.44. The number of rotatable bonds is 4. The number of carbonyl (C=O) groups is 2. The summed E-state index contributed by atoms with van der Waals surface area (Å²) in [5, 5.41) is 23.2. The van der Waals surface area contributed by atoms with Crippen LogP contribution in [0.4, 0.5) is 5.69 Å². The summed E-state index contributed by atoms with van der Waals surface area (Å²) in [7, 11) is 1.48. The molecule has 2 N–H and O–H groups in total. The Balaban J connectivity index is 1.76. The van der Waals surface area contributed by atoms with Crippen LogP contribution in [0.3, 0.4) is 0 Å². The molecule has 35 heavy (non-hydrogen) atoms. The van der Waals surface area contributed by atoms with Crippen LogP contribution in [0.15, 0.2) is 90.5 Å². The normalized spacial score (nSPS) is 17.2. The fraction of sp³-hybridized carbons (Fsp3) is 0.0714. The molecule has 0 aromatic heterocycles. The highest BCUT2D eigenvalue weighted by Gasteiger charge is 2.47. The predicted octanol–water partition coefficient (Wildman–Crippen LogP) is 5.83. The minimum atomic E-state index is -0.945. The Bertz CT molecular complexity index is 1500. The third-order valence-electron chi connectivity index (χ3n) is 6.11. The Kier molecular flexibility index (Phi) is 5.67. The van der Waals surface area contributed by atoms with E-state index in [1.54, 1.807) is 36.4 Å². The summed E-state index contributed by atoms with van der Waals surface area (Å²) >= 11 is 6.32. The Morgan fingerprint density at radius 3 is 2.37 bits per heavy atom. The zero-order valence-electron chi connectivity index (χ0n) is 18.6. The van der Waals surface area contributed by atoms with Gasteiger partial charge in [-0.05, 0) is 46.7 Å². The molecule has 0 saturated carbocycles. The summed E-state index contributed by atoms with van der Waals surface area (Å²) in [5.41, 5.74) is 1.30. The first-order valence-electron chi connectivity index (χ1n) is 10.8. The zero-order chi connectivity index (χ0) is 24.7. The Morgan fingerprint density at radius 2 is 1.66 bits per heavy atom. The monoisotopic (exact) mass is 485 g/mol. The number of halogens is 1. The van der Waals surface area contributed by atoms with E-state index in [4.69, 9.17) is 16.3 Å². The van der Waals surface area contributed by atoms with Crippen LogP contribution in [0.1, 0.15) is 17.2 Å². The number of fused-ring (bicyclic) bond motifs is 1. The number of anilines is 1. The second kappa shape index (κ2) is 8.81. The number of methoxy groups -OCH3 is 1. The molecule has 5 rings (SSSR count). The number of phenolic OH excluding ortho intramolecular Hbond substituents is 1. The Labute approximate surface area is 206 Å².